The number of fused-ring (bicyclic) bond motifs is 1. The Hall–Kier alpha value is -2.49. The third kappa shape index (κ3) is 2.74. The van der Waals surface area contributed by atoms with Gasteiger partial charge in [-0.2, -0.15) is 0 Å². The van der Waals surface area contributed by atoms with Crippen molar-refractivity contribution in [3.8, 4) is 11.5 Å². The van der Waals surface area contributed by atoms with E-state index in [1.54, 1.807) is 18.2 Å². The number of rotatable bonds is 3. The van der Waals surface area contributed by atoms with E-state index in [1.807, 2.05) is 30.3 Å². The number of benzene rings is 2. The third-order valence-electron chi connectivity index (χ3n) is 3.09. The van der Waals surface area contributed by atoms with E-state index < -0.39 is 0 Å². The van der Waals surface area contributed by atoms with Crippen molar-refractivity contribution < 1.29 is 14.3 Å². The highest BCUT2D eigenvalue weighted by Gasteiger charge is 2.16. The van der Waals surface area contributed by atoms with E-state index in [-0.39, 0.29) is 5.91 Å². The molecule has 0 saturated heterocycles. The van der Waals surface area contributed by atoms with Crippen LogP contribution in [0.4, 0.5) is 0 Å². The highest BCUT2D eigenvalue weighted by Crippen LogP contribution is 2.26. The quantitative estimate of drug-likeness (QED) is 0.930. The van der Waals surface area contributed by atoms with Crippen molar-refractivity contribution in [3.63, 3.8) is 0 Å². The van der Waals surface area contributed by atoms with Crippen LogP contribution in [0.15, 0.2) is 48.5 Å². The molecule has 0 aromatic heterocycles. The zero-order valence-electron chi connectivity index (χ0n) is 11.0. The summed E-state index contributed by atoms with van der Waals surface area (Å²) in [5.41, 5.74) is 1.65. The SMILES string of the molecule is O=C1NCCOc2cc(OCc3ccccc3)ccc21. The monoisotopic (exact) mass is 269 g/mol. The second kappa shape index (κ2) is 5.65. The molecule has 0 aliphatic carbocycles. The molecule has 2 aromatic rings. The lowest BCUT2D eigenvalue weighted by atomic mass is 10.2. The predicted octanol–water partition coefficient (Wildman–Crippen LogP) is 2.39. The van der Waals surface area contributed by atoms with E-state index in [9.17, 15) is 4.79 Å². The van der Waals surface area contributed by atoms with Crippen molar-refractivity contribution in [1.82, 2.24) is 5.32 Å². The molecule has 20 heavy (non-hydrogen) atoms. The largest absolute Gasteiger partial charge is 0.491 e. The summed E-state index contributed by atoms with van der Waals surface area (Å²) in [5, 5.41) is 2.77. The molecule has 1 heterocycles. The second-order valence-corrected chi connectivity index (χ2v) is 4.54. The van der Waals surface area contributed by atoms with Crippen molar-refractivity contribution >= 4 is 5.91 Å². The van der Waals surface area contributed by atoms with E-state index in [0.29, 0.717) is 36.8 Å². The van der Waals surface area contributed by atoms with Crippen LogP contribution < -0.4 is 14.8 Å². The highest BCUT2D eigenvalue weighted by molar-refractivity contribution is 5.97. The Morgan fingerprint density at radius 1 is 1.15 bits per heavy atom. The third-order valence-corrected chi connectivity index (χ3v) is 3.09. The number of nitrogens with one attached hydrogen (secondary N) is 1. The van der Waals surface area contributed by atoms with E-state index in [1.165, 1.54) is 0 Å². The molecule has 1 aliphatic heterocycles. The van der Waals surface area contributed by atoms with E-state index >= 15 is 0 Å². The van der Waals surface area contributed by atoms with Gasteiger partial charge in [-0.25, -0.2) is 0 Å². The van der Waals surface area contributed by atoms with Gasteiger partial charge in [0, 0.05) is 6.07 Å². The van der Waals surface area contributed by atoms with Crippen LogP contribution in [0.3, 0.4) is 0 Å². The Bertz CT molecular complexity index is 610. The number of hydrogen-bond donors (Lipinski definition) is 1. The molecule has 4 nitrogen and oxygen atoms in total. The van der Waals surface area contributed by atoms with Crippen LogP contribution in [0.5, 0.6) is 11.5 Å². The molecule has 102 valence electrons. The second-order valence-electron chi connectivity index (χ2n) is 4.54. The molecule has 0 unspecified atom stereocenters. The standard InChI is InChI=1S/C16H15NO3/c18-16-14-7-6-13(10-15(14)19-9-8-17-16)20-11-12-4-2-1-3-5-12/h1-7,10H,8-9,11H2,(H,17,18). The molecule has 2 aromatic carbocycles. The lowest BCUT2D eigenvalue weighted by molar-refractivity contribution is 0.0957. The fourth-order valence-corrected chi connectivity index (χ4v) is 2.06. The lowest BCUT2D eigenvalue weighted by Crippen LogP contribution is -2.24. The summed E-state index contributed by atoms with van der Waals surface area (Å²) in [4.78, 5) is 11.8. The maximum atomic E-state index is 11.8. The van der Waals surface area contributed by atoms with Crippen LogP contribution >= 0.6 is 0 Å². The summed E-state index contributed by atoms with van der Waals surface area (Å²) < 4.78 is 11.3. The molecule has 3 rings (SSSR count). The molecule has 1 aliphatic rings. The lowest BCUT2D eigenvalue weighted by Gasteiger charge is -2.10. The molecule has 0 radical (unpaired) electrons. The van der Waals surface area contributed by atoms with Crippen molar-refractivity contribution in [2.75, 3.05) is 13.2 Å². The van der Waals surface area contributed by atoms with Gasteiger partial charge in [-0.3, -0.25) is 4.79 Å². The van der Waals surface area contributed by atoms with Crippen molar-refractivity contribution in [3.05, 3.63) is 59.7 Å². The summed E-state index contributed by atoms with van der Waals surface area (Å²) in [6.45, 7) is 1.49. The first-order valence-electron chi connectivity index (χ1n) is 6.55. The minimum atomic E-state index is -0.105. The van der Waals surface area contributed by atoms with Crippen LogP contribution in [-0.2, 0) is 6.61 Å². The number of carbonyl (C=O) groups excluding carboxylic acids is 1. The Kier molecular flexibility index (Phi) is 3.54. The molecular formula is C16H15NO3. The topological polar surface area (TPSA) is 47.6 Å². The van der Waals surface area contributed by atoms with Crippen LogP contribution in [0.1, 0.15) is 15.9 Å². The van der Waals surface area contributed by atoms with Gasteiger partial charge in [-0.15, -0.1) is 0 Å². The first-order valence-corrected chi connectivity index (χ1v) is 6.55. The van der Waals surface area contributed by atoms with Crippen LogP contribution in [0, 0.1) is 0 Å². The van der Waals surface area contributed by atoms with Gasteiger partial charge in [0.15, 0.2) is 0 Å². The first kappa shape index (κ1) is 12.5. The minimum absolute atomic E-state index is 0.105. The fourth-order valence-electron chi connectivity index (χ4n) is 2.06. The van der Waals surface area contributed by atoms with Crippen molar-refractivity contribution in [1.29, 1.82) is 0 Å². The highest BCUT2D eigenvalue weighted by atomic mass is 16.5. The summed E-state index contributed by atoms with van der Waals surface area (Å²) >= 11 is 0. The van der Waals surface area contributed by atoms with Crippen LogP contribution in [-0.4, -0.2) is 19.1 Å². The van der Waals surface area contributed by atoms with Gasteiger partial charge in [0.2, 0.25) is 0 Å². The molecule has 0 fully saturated rings. The van der Waals surface area contributed by atoms with Crippen LogP contribution in [0.2, 0.25) is 0 Å². The van der Waals surface area contributed by atoms with Gasteiger partial charge in [0.1, 0.15) is 24.7 Å². The summed E-state index contributed by atoms with van der Waals surface area (Å²) in [5.74, 6) is 1.17. The minimum Gasteiger partial charge on any atom is -0.491 e. The van der Waals surface area contributed by atoms with Crippen molar-refractivity contribution in [2.45, 2.75) is 6.61 Å². The maximum Gasteiger partial charge on any atom is 0.255 e. The van der Waals surface area contributed by atoms with E-state index in [0.717, 1.165) is 5.56 Å². The number of ether oxygens (including phenoxy) is 2. The molecule has 0 atom stereocenters. The fraction of sp³-hybridized carbons (Fsp3) is 0.188. The van der Waals surface area contributed by atoms with Crippen molar-refractivity contribution in [2.24, 2.45) is 0 Å². The van der Waals surface area contributed by atoms with Gasteiger partial charge in [-0.05, 0) is 17.7 Å². The van der Waals surface area contributed by atoms with E-state index in [4.69, 9.17) is 9.47 Å². The molecule has 4 heteroatoms. The molecule has 1 amide bonds. The van der Waals surface area contributed by atoms with Crippen LogP contribution in [0.25, 0.3) is 0 Å². The number of carbonyl (C=O) groups is 1. The van der Waals surface area contributed by atoms with Gasteiger partial charge in [-0.1, -0.05) is 30.3 Å². The summed E-state index contributed by atoms with van der Waals surface area (Å²) in [6.07, 6.45) is 0. The molecule has 0 bridgehead atoms. The first-order chi connectivity index (χ1) is 9.83. The molecule has 0 saturated carbocycles. The maximum absolute atomic E-state index is 11.8. The Morgan fingerprint density at radius 2 is 2.00 bits per heavy atom. The number of amides is 1. The Balaban J connectivity index is 1.75. The average Bonchev–Trinajstić information content (AvgIpc) is 2.68. The normalized spacial score (nSPS) is 13.7. The Labute approximate surface area is 117 Å². The summed E-state index contributed by atoms with van der Waals surface area (Å²) in [6, 6.07) is 15.2. The van der Waals surface area contributed by atoms with Gasteiger partial charge in [0.05, 0.1) is 12.1 Å². The zero-order valence-corrected chi connectivity index (χ0v) is 11.0. The molecule has 0 spiro atoms. The van der Waals surface area contributed by atoms with E-state index in [2.05, 4.69) is 5.32 Å². The predicted molar refractivity (Wildman–Crippen MR) is 75.0 cm³/mol. The average molecular weight is 269 g/mol. The Morgan fingerprint density at radius 3 is 2.85 bits per heavy atom. The number of hydrogen-bond acceptors (Lipinski definition) is 3. The summed E-state index contributed by atoms with van der Waals surface area (Å²) in [7, 11) is 0. The van der Waals surface area contributed by atoms with Gasteiger partial charge in [0.25, 0.3) is 5.91 Å². The zero-order chi connectivity index (χ0) is 13.8. The van der Waals surface area contributed by atoms with Gasteiger partial charge < -0.3 is 14.8 Å². The smallest absolute Gasteiger partial charge is 0.255 e. The van der Waals surface area contributed by atoms with Gasteiger partial charge >= 0.3 is 0 Å². The molecule has 1 N–H and O–H groups in total. The molecular weight excluding hydrogens is 254 g/mol.